The van der Waals surface area contributed by atoms with Crippen molar-refractivity contribution in [2.75, 3.05) is 19.8 Å². The number of hydrogen-bond donors (Lipinski definition) is 1. The molecule has 0 bridgehead atoms. The Hall–Kier alpha value is -0.740. The molecule has 0 fully saturated rings. The van der Waals surface area contributed by atoms with E-state index < -0.39 is 0 Å². The summed E-state index contributed by atoms with van der Waals surface area (Å²) in [5.41, 5.74) is 6.74. The summed E-state index contributed by atoms with van der Waals surface area (Å²) in [6.45, 7) is 2.20. The Labute approximate surface area is 110 Å². The van der Waals surface area contributed by atoms with Gasteiger partial charge in [0.1, 0.15) is 0 Å². The molecule has 1 aliphatic rings. The van der Waals surface area contributed by atoms with Gasteiger partial charge in [-0.25, -0.2) is 0 Å². The summed E-state index contributed by atoms with van der Waals surface area (Å²) in [5.74, 6) is 1.77. The van der Waals surface area contributed by atoms with Crippen LogP contribution in [0.15, 0.2) is 16.6 Å². The van der Waals surface area contributed by atoms with Gasteiger partial charge in [0.25, 0.3) is 0 Å². The largest absolute Gasteiger partial charge is 0.489 e. The zero-order valence-corrected chi connectivity index (χ0v) is 11.5. The van der Waals surface area contributed by atoms with Crippen LogP contribution in [0.3, 0.4) is 0 Å². The van der Waals surface area contributed by atoms with Gasteiger partial charge in [-0.15, -0.1) is 0 Å². The summed E-state index contributed by atoms with van der Waals surface area (Å²) in [7, 11) is 0. The van der Waals surface area contributed by atoms with Crippen LogP contribution in [-0.4, -0.2) is 19.8 Å². The van der Waals surface area contributed by atoms with Gasteiger partial charge in [-0.3, -0.25) is 0 Å². The SMILES string of the molecule is NCCCCc1ccc(Br)c2c1OCCCO2. The summed E-state index contributed by atoms with van der Waals surface area (Å²) in [5, 5.41) is 0. The summed E-state index contributed by atoms with van der Waals surface area (Å²) in [6, 6.07) is 4.14. The van der Waals surface area contributed by atoms with E-state index >= 15 is 0 Å². The van der Waals surface area contributed by atoms with Gasteiger partial charge in [0, 0.05) is 6.42 Å². The Balaban J connectivity index is 2.20. The quantitative estimate of drug-likeness (QED) is 0.870. The number of ether oxygens (including phenoxy) is 2. The van der Waals surface area contributed by atoms with E-state index in [0.717, 1.165) is 61.4 Å². The average Bonchev–Trinajstić information content (AvgIpc) is 2.58. The van der Waals surface area contributed by atoms with Crippen molar-refractivity contribution in [2.45, 2.75) is 25.7 Å². The second-order valence-electron chi connectivity index (χ2n) is 4.16. The van der Waals surface area contributed by atoms with Crippen molar-refractivity contribution in [3.05, 3.63) is 22.2 Å². The molecule has 1 aliphatic heterocycles. The first-order valence-corrected chi connectivity index (χ1v) is 6.89. The lowest BCUT2D eigenvalue weighted by Crippen LogP contribution is -2.01. The fraction of sp³-hybridized carbons (Fsp3) is 0.538. The summed E-state index contributed by atoms with van der Waals surface area (Å²) >= 11 is 3.51. The van der Waals surface area contributed by atoms with E-state index in [2.05, 4.69) is 22.0 Å². The standard InChI is InChI=1S/C13H18BrNO2/c14-11-6-5-10(4-1-2-7-15)12-13(11)17-9-3-8-16-12/h5-6H,1-4,7-9,15H2. The van der Waals surface area contributed by atoms with Crippen molar-refractivity contribution >= 4 is 15.9 Å². The van der Waals surface area contributed by atoms with Crippen LogP contribution in [0, 0.1) is 0 Å². The van der Waals surface area contributed by atoms with Gasteiger partial charge in [-0.05, 0) is 53.4 Å². The molecule has 0 radical (unpaired) electrons. The van der Waals surface area contributed by atoms with Crippen LogP contribution in [-0.2, 0) is 6.42 Å². The molecule has 0 aliphatic carbocycles. The van der Waals surface area contributed by atoms with Gasteiger partial charge < -0.3 is 15.2 Å². The number of rotatable bonds is 4. The highest BCUT2D eigenvalue weighted by atomic mass is 79.9. The smallest absolute Gasteiger partial charge is 0.175 e. The molecule has 94 valence electrons. The molecule has 1 heterocycles. The number of halogens is 1. The summed E-state index contributed by atoms with van der Waals surface area (Å²) in [4.78, 5) is 0. The maximum Gasteiger partial charge on any atom is 0.175 e. The minimum atomic E-state index is 0.720. The Kier molecular flexibility index (Phi) is 4.68. The fourth-order valence-electron chi connectivity index (χ4n) is 1.94. The van der Waals surface area contributed by atoms with Gasteiger partial charge >= 0.3 is 0 Å². The molecule has 1 aromatic carbocycles. The molecular formula is C13H18BrNO2. The van der Waals surface area contributed by atoms with E-state index in [1.165, 1.54) is 5.56 Å². The van der Waals surface area contributed by atoms with E-state index in [1.54, 1.807) is 0 Å². The highest BCUT2D eigenvalue weighted by Crippen LogP contribution is 2.40. The number of unbranched alkanes of at least 4 members (excludes halogenated alkanes) is 1. The Bertz CT molecular complexity index is 382. The second-order valence-corrected chi connectivity index (χ2v) is 5.02. The minimum Gasteiger partial charge on any atom is -0.489 e. The normalized spacial score (nSPS) is 14.5. The zero-order valence-electron chi connectivity index (χ0n) is 9.88. The van der Waals surface area contributed by atoms with Crippen molar-refractivity contribution < 1.29 is 9.47 Å². The molecule has 0 spiro atoms. The number of hydrogen-bond acceptors (Lipinski definition) is 3. The van der Waals surface area contributed by atoms with E-state index in [1.807, 2.05) is 6.07 Å². The molecule has 17 heavy (non-hydrogen) atoms. The molecular weight excluding hydrogens is 282 g/mol. The van der Waals surface area contributed by atoms with Gasteiger partial charge in [0.15, 0.2) is 11.5 Å². The second kappa shape index (κ2) is 6.26. The maximum atomic E-state index is 5.80. The van der Waals surface area contributed by atoms with E-state index in [0.29, 0.717) is 0 Å². The third kappa shape index (κ3) is 3.13. The first kappa shape index (κ1) is 12.7. The van der Waals surface area contributed by atoms with Crippen LogP contribution in [0.1, 0.15) is 24.8 Å². The topological polar surface area (TPSA) is 44.5 Å². The molecule has 0 saturated heterocycles. The van der Waals surface area contributed by atoms with E-state index in [4.69, 9.17) is 15.2 Å². The van der Waals surface area contributed by atoms with Gasteiger partial charge in [0.2, 0.25) is 0 Å². The molecule has 0 unspecified atom stereocenters. The average molecular weight is 300 g/mol. The number of nitrogens with two attached hydrogens (primary N) is 1. The molecule has 2 rings (SSSR count). The van der Waals surface area contributed by atoms with Gasteiger partial charge in [0.05, 0.1) is 17.7 Å². The van der Waals surface area contributed by atoms with Crippen LogP contribution >= 0.6 is 15.9 Å². The van der Waals surface area contributed by atoms with Crippen LogP contribution < -0.4 is 15.2 Å². The Morgan fingerprint density at radius 1 is 1.12 bits per heavy atom. The Morgan fingerprint density at radius 3 is 2.65 bits per heavy atom. The first-order valence-electron chi connectivity index (χ1n) is 6.10. The predicted molar refractivity (Wildman–Crippen MR) is 71.7 cm³/mol. The van der Waals surface area contributed by atoms with Crippen molar-refractivity contribution in [1.29, 1.82) is 0 Å². The van der Waals surface area contributed by atoms with Gasteiger partial charge in [-0.1, -0.05) is 6.07 Å². The molecule has 0 aromatic heterocycles. The molecule has 0 amide bonds. The lowest BCUT2D eigenvalue weighted by Gasteiger charge is -2.13. The molecule has 0 atom stereocenters. The van der Waals surface area contributed by atoms with E-state index in [-0.39, 0.29) is 0 Å². The van der Waals surface area contributed by atoms with Crippen molar-refractivity contribution in [1.82, 2.24) is 0 Å². The third-order valence-corrected chi connectivity index (χ3v) is 3.45. The molecule has 4 heteroatoms. The molecule has 2 N–H and O–H groups in total. The van der Waals surface area contributed by atoms with Gasteiger partial charge in [-0.2, -0.15) is 0 Å². The van der Waals surface area contributed by atoms with Crippen LogP contribution in [0.4, 0.5) is 0 Å². The molecule has 0 saturated carbocycles. The zero-order chi connectivity index (χ0) is 12.1. The maximum absolute atomic E-state index is 5.80. The summed E-state index contributed by atoms with van der Waals surface area (Å²) < 4.78 is 12.5. The first-order chi connectivity index (χ1) is 8.33. The number of benzene rings is 1. The molecule has 3 nitrogen and oxygen atoms in total. The van der Waals surface area contributed by atoms with Crippen LogP contribution in [0.2, 0.25) is 0 Å². The van der Waals surface area contributed by atoms with Crippen LogP contribution in [0.5, 0.6) is 11.5 Å². The summed E-state index contributed by atoms with van der Waals surface area (Å²) in [6.07, 6.45) is 4.07. The minimum absolute atomic E-state index is 0.720. The Morgan fingerprint density at radius 2 is 1.88 bits per heavy atom. The van der Waals surface area contributed by atoms with E-state index in [9.17, 15) is 0 Å². The lowest BCUT2D eigenvalue weighted by molar-refractivity contribution is 0.295. The predicted octanol–water partition coefficient (Wildman–Crippen LogP) is 2.89. The van der Waals surface area contributed by atoms with Crippen molar-refractivity contribution in [3.63, 3.8) is 0 Å². The van der Waals surface area contributed by atoms with Crippen LogP contribution in [0.25, 0.3) is 0 Å². The highest BCUT2D eigenvalue weighted by molar-refractivity contribution is 9.10. The van der Waals surface area contributed by atoms with Crippen molar-refractivity contribution in [3.8, 4) is 11.5 Å². The third-order valence-electron chi connectivity index (χ3n) is 2.83. The molecule has 1 aromatic rings. The highest BCUT2D eigenvalue weighted by Gasteiger charge is 2.17. The lowest BCUT2D eigenvalue weighted by atomic mass is 10.1. The van der Waals surface area contributed by atoms with Crippen molar-refractivity contribution in [2.24, 2.45) is 5.73 Å². The fourth-order valence-corrected chi connectivity index (χ4v) is 2.36. The number of fused-ring (bicyclic) bond motifs is 1. The number of aryl methyl sites for hydroxylation is 1. The monoisotopic (exact) mass is 299 g/mol.